The molecule has 0 radical (unpaired) electrons. The summed E-state index contributed by atoms with van der Waals surface area (Å²) in [5, 5.41) is 4.82. The Morgan fingerprint density at radius 1 is 1.00 bits per heavy atom. The first-order valence-corrected chi connectivity index (χ1v) is 17.0. The van der Waals surface area contributed by atoms with Gasteiger partial charge in [0.2, 0.25) is 11.8 Å². The van der Waals surface area contributed by atoms with E-state index in [9.17, 15) is 22.4 Å². The predicted octanol–water partition coefficient (Wildman–Crippen LogP) is 5.56. The second kappa shape index (κ2) is 18.9. The van der Waals surface area contributed by atoms with Crippen molar-refractivity contribution in [2.75, 3.05) is 50.6 Å². The number of terminal acetylenes is 1. The fourth-order valence-electron chi connectivity index (χ4n) is 4.77. The number of nitrogens with two attached hydrogens (primary N) is 1. The van der Waals surface area contributed by atoms with Crippen LogP contribution in [0.5, 0.6) is 5.75 Å². The van der Waals surface area contributed by atoms with Gasteiger partial charge in [-0.05, 0) is 61.2 Å². The molecule has 1 aromatic heterocycles. The lowest BCUT2D eigenvalue weighted by atomic mass is 10.0. The van der Waals surface area contributed by atoms with Crippen molar-refractivity contribution in [3.05, 3.63) is 90.4 Å². The van der Waals surface area contributed by atoms with Gasteiger partial charge in [0.1, 0.15) is 11.9 Å². The van der Waals surface area contributed by atoms with Crippen molar-refractivity contribution in [1.29, 1.82) is 0 Å². The number of halogens is 1. The summed E-state index contributed by atoms with van der Waals surface area (Å²) in [5.41, 5.74) is 6.93. The third kappa shape index (κ3) is 10.2. The summed E-state index contributed by atoms with van der Waals surface area (Å²) in [5.74, 6) is -0.360. The van der Waals surface area contributed by atoms with E-state index in [-0.39, 0.29) is 41.4 Å². The van der Waals surface area contributed by atoms with Gasteiger partial charge in [-0.15, -0.1) is 12.8 Å². The normalized spacial score (nSPS) is 11.2. The summed E-state index contributed by atoms with van der Waals surface area (Å²) in [4.78, 5) is 33.9. The molecule has 0 saturated carbocycles. The zero-order valence-corrected chi connectivity index (χ0v) is 28.8. The van der Waals surface area contributed by atoms with Gasteiger partial charge in [-0.1, -0.05) is 44.2 Å². The van der Waals surface area contributed by atoms with E-state index in [2.05, 4.69) is 23.1 Å². The third-order valence-electron chi connectivity index (χ3n) is 7.08. The SMILES string of the molecule is C#C.CCCN(C(=O)CNc1ccc2c(N)nccc2c1)[C@H](C(=O)N(C)C)c1ccccc1S(=O)(=O)CC.CCOc1ccccc1F. The van der Waals surface area contributed by atoms with E-state index in [1.165, 1.54) is 21.9 Å². The Labute approximate surface area is 283 Å². The zero-order chi connectivity index (χ0) is 35.9. The van der Waals surface area contributed by atoms with Crippen LogP contribution >= 0.6 is 0 Å². The summed E-state index contributed by atoms with van der Waals surface area (Å²) in [6.45, 7) is 5.99. The van der Waals surface area contributed by atoms with Crippen LogP contribution in [0.2, 0.25) is 0 Å². The topological polar surface area (TPSA) is 135 Å². The van der Waals surface area contributed by atoms with Crippen LogP contribution in [-0.4, -0.2) is 74.6 Å². The van der Waals surface area contributed by atoms with E-state index in [1.807, 2.05) is 38.1 Å². The molecule has 10 nitrogen and oxygen atoms in total. The molecule has 0 spiro atoms. The standard InChI is InChI=1S/C26H33N5O4S.C8H9FO.C2H2/c1-5-15-31(23(32)17-29-19-11-12-20-18(16-19)13-14-28-25(20)27)24(26(33)30(3)4)21-9-7-8-10-22(21)36(34,35)6-2;1-2-10-8-6-4-3-5-7(8)9;1-2/h7-14,16,24,29H,5-6,15,17H2,1-4H3,(H2,27,28);3-6H,2H2,1H3;1-2H/t24-;;/m0../s1. The lowest BCUT2D eigenvalue weighted by Gasteiger charge is -2.34. The number of amides is 2. The molecule has 0 fully saturated rings. The van der Waals surface area contributed by atoms with Gasteiger partial charge in [-0.2, -0.15) is 0 Å². The highest BCUT2D eigenvalue weighted by atomic mass is 32.2. The van der Waals surface area contributed by atoms with E-state index in [0.29, 0.717) is 35.8 Å². The second-order valence-electron chi connectivity index (χ2n) is 10.5. The molecule has 1 heterocycles. The number of fused-ring (bicyclic) bond motifs is 1. The van der Waals surface area contributed by atoms with Crippen molar-refractivity contribution >= 4 is 43.9 Å². The fraction of sp³-hybridized carbons (Fsp3) is 0.306. The number of para-hydroxylation sites is 1. The summed E-state index contributed by atoms with van der Waals surface area (Å²) in [7, 11) is -0.442. The van der Waals surface area contributed by atoms with Gasteiger partial charge in [0, 0.05) is 43.5 Å². The fourth-order valence-corrected chi connectivity index (χ4v) is 5.91. The van der Waals surface area contributed by atoms with Crippen LogP contribution in [0.1, 0.15) is 38.8 Å². The predicted molar refractivity (Wildman–Crippen MR) is 190 cm³/mol. The monoisotopic (exact) mass is 677 g/mol. The highest BCUT2D eigenvalue weighted by Gasteiger charge is 2.35. The number of anilines is 2. The number of carbonyl (C=O) groups excluding carboxylic acids is 2. The lowest BCUT2D eigenvalue weighted by Crippen LogP contribution is -2.46. The third-order valence-corrected chi connectivity index (χ3v) is 8.88. The molecule has 0 aliphatic carbocycles. The zero-order valence-electron chi connectivity index (χ0n) is 28.0. The molecule has 3 N–H and O–H groups in total. The Kier molecular flexibility index (Phi) is 15.3. The van der Waals surface area contributed by atoms with E-state index in [1.54, 1.807) is 63.6 Å². The first-order valence-electron chi connectivity index (χ1n) is 15.4. The van der Waals surface area contributed by atoms with E-state index < -0.39 is 15.9 Å². The molecule has 256 valence electrons. The van der Waals surface area contributed by atoms with Crippen LogP contribution < -0.4 is 15.8 Å². The maximum atomic E-state index is 13.5. The van der Waals surface area contributed by atoms with Crippen LogP contribution in [0.15, 0.2) is 83.9 Å². The minimum atomic E-state index is -3.63. The van der Waals surface area contributed by atoms with Gasteiger partial charge in [-0.3, -0.25) is 9.59 Å². The van der Waals surface area contributed by atoms with Gasteiger partial charge in [-0.25, -0.2) is 17.8 Å². The number of aromatic nitrogens is 1. The first-order chi connectivity index (χ1) is 22.9. The molecule has 0 unspecified atom stereocenters. The molecule has 0 aliphatic rings. The molecule has 0 bridgehead atoms. The van der Waals surface area contributed by atoms with Crippen molar-refractivity contribution in [1.82, 2.24) is 14.8 Å². The molecule has 2 amide bonds. The average molecular weight is 678 g/mol. The highest BCUT2D eigenvalue weighted by Crippen LogP contribution is 2.30. The number of nitrogen functional groups attached to an aromatic ring is 1. The minimum absolute atomic E-state index is 0.0651. The summed E-state index contributed by atoms with van der Waals surface area (Å²) >= 11 is 0. The molecular weight excluding hydrogens is 633 g/mol. The maximum Gasteiger partial charge on any atom is 0.249 e. The van der Waals surface area contributed by atoms with Crippen LogP contribution in [0.25, 0.3) is 10.8 Å². The maximum absolute atomic E-state index is 13.5. The lowest BCUT2D eigenvalue weighted by molar-refractivity contribution is -0.144. The Morgan fingerprint density at radius 3 is 2.29 bits per heavy atom. The van der Waals surface area contributed by atoms with E-state index >= 15 is 0 Å². The number of carbonyl (C=O) groups is 2. The minimum Gasteiger partial charge on any atom is -0.491 e. The summed E-state index contributed by atoms with van der Waals surface area (Å²) < 4.78 is 43.3. The number of sulfone groups is 1. The molecule has 1 atom stereocenters. The highest BCUT2D eigenvalue weighted by molar-refractivity contribution is 7.91. The molecule has 0 saturated heterocycles. The summed E-state index contributed by atoms with van der Waals surface area (Å²) in [6, 6.07) is 19.1. The largest absolute Gasteiger partial charge is 0.491 e. The van der Waals surface area contributed by atoms with Gasteiger partial charge in [0.25, 0.3) is 0 Å². The van der Waals surface area contributed by atoms with Crippen LogP contribution in [-0.2, 0) is 19.4 Å². The number of hydrogen-bond donors (Lipinski definition) is 2. The molecule has 4 rings (SSSR count). The number of likely N-dealkylation sites (N-methyl/N-ethyl adjacent to an activating group) is 1. The molecule has 48 heavy (non-hydrogen) atoms. The molecule has 3 aromatic carbocycles. The number of hydrogen-bond acceptors (Lipinski definition) is 8. The van der Waals surface area contributed by atoms with Crippen LogP contribution in [0, 0.1) is 18.7 Å². The van der Waals surface area contributed by atoms with Gasteiger partial charge < -0.3 is 25.6 Å². The Hall–Kier alpha value is -5.15. The van der Waals surface area contributed by atoms with Gasteiger partial charge in [0.15, 0.2) is 21.4 Å². The van der Waals surface area contributed by atoms with E-state index in [4.69, 9.17) is 10.5 Å². The molecular formula is C36H44FN5O5S. The van der Waals surface area contributed by atoms with Crippen molar-refractivity contribution < 1.29 is 27.1 Å². The molecule has 12 heteroatoms. The number of benzene rings is 3. The van der Waals surface area contributed by atoms with Crippen LogP contribution in [0.4, 0.5) is 15.9 Å². The average Bonchev–Trinajstić information content (AvgIpc) is 3.09. The number of rotatable bonds is 12. The molecule has 0 aliphatic heterocycles. The van der Waals surface area contributed by atoms with Gasteiger partial charge >= 0.3 is 0 Å². The quantitative estimate of drug-likeness (QED) is 0.186. The second-order valence-corrected chi connectivity index (χ2v) is 12.8. The van der Waals surface area contributed by atoms with Crippen molar-refractivity contribution in [2.45, 2.75) is 38.1 Å². The van der Waals surface area contributed by atoms with Crippen LogP contribution in [0.3, 0.4) is 0 Å². The first kappa shape index (κ1) is 39.0. The number of nitrogens with one attached hydrogen (secondary N) is 1. The molecule has 4 aromatic rings. The van der Waals surface area contributed by atoms with E-state index in [0.717, 1.165) is 10.8 Å². The van der Waals surface area contributed by atoms with Crippen molar-refractivity contribution in [2.24, 2.45) is 0 Å². The Morgan fingerprint density at radius 2 is 1.67 bits per heavy atom. The number of ether oxygens (including phenoxy) is 1. The smallest absolute Gasteiger partial charge is 0.249 e. The van der Waals surface area contributed by atoms with Gasteiger partial charge in [0.05, 0.1) is 23.8 Å². The Bertz CT molecular complexity index is 1800. The number of nitrogens with zero attached hydrogens (tertiary/aromatic N) is 3. The Balaban J connectivity index is 0.000000564. The number of pyridine rings is 1. The van der Waals surface area contributed by atoms with Crippen molar-refractivity contribution in [3.63, 3.8) is 0 Å². The van der Waals surface area contributed by atoms with Crippen molar-refractivity contribution in [3.8, 4) is 18.6 Å². The summed E-state index contributed by atoms with van der Waals surface area (Å²) in [6.07, 6.45) is 10.2.